The van der Waals surface area contributed by atoms with E-state index in [1.807, 2.05) is 13.0 Å². The highest BCUT2D eigenvalue weighted by molar-refractivity contribution is 7.13. The summed E-state index contributed by atoms with van der Waals surface area (Å²) in [6.45, 7) is 2.90. The molecule has 5 nitrogen and oxygen atoms in total. The van der Waals surface area contributed by atoms with Gasteiger partial charge in [0.2, 0.25) is 0 Å². The number of carbonyl (C=O) groups excluding carboxylic acids is 3. The summed E-state index contributed by atoms with van der Waals surface area (Å²) in [6, 6.07) is 10.1. The normalized spacial score (nSPS) is 10.1. The largest absolute Gasteiger partial charge is 0.451 e. The number of amides is 1. The predicted octanol–water partition coefficient (Wildman–Crippen LogP) is 3.05. The van der Waals surface area contributed by atoms with Crippen molar-refractivity contribution in [2.45, 2.75) is 13.8 Å². The quantitative estimate of drug-likeness (QED) is 0.679. The lowest BCUT2D eigenvalue weighted by Crippen LogP contribution is -2.21. The van der Waals surface area contributed by atoms with Crippen LogP contribution in [0.2, 0.25) is 0 Å². The number of rotatable bonds is 5. The molecule has 0 aliphatic rings. The minimum absolute atomic E-state index is 0.151. The zero-order valence-electron chi connectivity index (χ0n) is 12.2. The summed E-state index contributed by atoms with van der Waals surface area (Å²) < 4.78 is 4.95. The van der Waals surface area contributed by atoms with E-state index in [0.717, 1.165) is 4.88 Å². The lowest BCUT2D eigenvalue weighted by atomic mass is 10.1. The van der Waals surface area contributed by atoms with E-state index in [4.69, 9.17) is 4.74 Å². The fourth-order valence-electron chi connectivity index (χ4n) is 1.83. The molecule has 0 saturated carbocycles. The number of ketones is 1. The van der Waals surface area contributed by atoms with Crippen LogP contribution in [-0.4, -0.2) is 24.3 Å². The molecule has 114 valence electrons. The van der Waals surface area contributed by atoms with Crippen molar-refractivity contribution in [2.24, 2.45) is 0 Å². The van der Waals surface area contributed by atoms with E-state index < -0.39 is 18.5 Å². The molecule has 1 aromatic carbocycles. The Kier molecular flexibility index (Phi) is 5.06. The number of para-hydroxylation sites is 1. The van der Waals surface area contributed by atoms with Gasteiger partial charge in [0.15, 0.2) is 12.4 Å². The predicted molar refractivity (Wildman–Crippen MR) is 84.4 cm³/mol. The van der Waals surface area contributed by atoms with Gasteiger partial charge in [0.05, 0.1) is 5.69 Å². The molecular formula is C16H15NO4S. The first-order chi connectivity index (χ1) is 10.5. The second kappa shape index (κ2) is 7.00. The first-order valence-electron chi connectivity index (χ1n) is 6.61. The summed E-state index contributed by atoms with van der Waals surface area (Å²) in [4.78, 5) is 36.5. The number of carbonyl (C=O) groups is 3. The van der Waals surface area contributed by atoms with Gasteiger partial charge in [0.25, 0.3) is 5.91 Å². The van der Waals surface area contributed by atoms with Crippen LogP contribution < -0.4 is 5.32 Å². The molecule has 0 saturated heterocycles. The van der Waals surface area contributed by atoms with Crippen molar-refractivity contribution in [3.05, 3.63) is 51.7 Å². The molecule has 1 N–H and O–H groups in total. The first-order valence-corrected chi connectivity index (χ1v) is 7.42. The molecule has 1 amide bonds. The maximum absolute atomic E-state index is 11.8. The van der Waals surface area contributed by atoms with Crippen LogP contribution in [0.3, 0.4) is 0 Å². The van der Waals surface area contributed by atoms with E-state index in [2.05, 4.69) is 5.32 Å². The number of Topliss-reactive ketones (excluding diaryl/α,β-unsaturated/α-hetero) is 1. The fourth-order valence-corrected chi connectivity index (χ4v) is 2.59. The van der Waals surface area contributed by atoms with E-state index >= 15 is 0 Å². The number of thiophene rings is 1. The van der Waals surface area contributed by atoms with Crippen molar-refractivity contribution < 1.29 is 19.1 Å². The van der Waals surface area contributed by atoms with Gasteiger partial charge in [-0.05, 0) is 38.1 Å². The van der Waals surface area contributed by atoms with Crippen molar-refractivity contribution in [1.82, 2.24) is 0 Å². The lowest BCUT2D eigenvalue weighted by Gasteiger charge is -2.09. The second-order valence-corrected chi connectivity index (χ2v) is 5.92. The molecule has 0 radical (unpaired) electrons. The van der Waals surface area contributed by atoms with Gasteiger partial charge < -0.3 is 10.1 Å². The van der Waals surface area contributed by atoms with Gasteiger partial charge in [-0.3, -0.25) is 9.59 Å². The Morgan fingerprint density at radius 3 is 2.50 bits per heavy atom. The molecule has 0 aliphatic heterocycles. The Bertz CT molecular complexity index is 720. The highest BCUT2D eigenvalue weighted by atomic mass is 32.1. The van der Waals surface area contributed by atoms with Gasteiger partial charge in [-0.2, -0.15) is 0 Å². The van der Waals surface area contributed by atoms with E-state index in [1.54, 1.807) is 30.3 Å². The highest BCUT2D eigenvalue weighted by Gasteiger charge is 2.14. The number of aryl methyl sites for hydroxylation is 1. The molecule has 0 spiro atoms. The minimum atomic E-state index is -0.534. The SMILES string of the molecule is CC(=O)c1ccccc1NC(=O)COC(=O)c1ccc(C)s1. The molecule has 0 fully saturated rings. The van der Waals surface area contributed by atoms with Gasteiger partial charge in [0.1, 0.15) is 4.88 Å². The van der Waals surface area contributed by atoms with Crippen LogP contribution in [0.15, 0.2) is 36.4 Å². The highest BCUT2D eigenvalue weighted by Crippen LogP contribution is 2.17. The van der Waals surface area contributed by atoms with Gasteiger partial charge in [0, 0.05) is 10.4 Å². The third kappa shape index (κ3) is 4.02. The average Bonchev–Trinajstić information content (AvgIpc) is 2.92. The molecule has 1 aromatic heterocycles. The lowest BCUT2D eigenvalue weighted by molar-refractivity contribution is -0.119. The van der Waals surface area contributed by atoms with Crippen LogP contribution in [0.4, 0.5) is 5.69 Å². The number of anilines is 1. The molecular weight excluding hydrogens is 302 g/mol. The molecule has 6 heteroatoms. The maximum atomic E-state index is 11.8. The molecule has 22 heavy (non-hydrogen) atoms. The molecule has 0 unspecified atom stereocenters. The molecule has 0 atom stereocenters. The zero-order valence-corrected chi connectivity index (χ0v) is 13.0. The van der Waals surface area contributed by atoms with Crippen LogP contribution in [0, 0.1) is 6.92 Å². The Balaban J connectivity index is 1.94. The average molecular weight is 317 g/mol. The van der Waals surface area contributed by atoms with Crippen LogP contribution >= 0.6 is 11.3 Å². The van der Waals surface area contributed by atoms with Crippen LogP contribution in [0.5, 0.6) is 0 Å². The van der Waals surface area contributed by atoms with E-state index in [9.17, 15) is 14.4 Å². The maximum Gasteiger partial charge on any atom is 0.348 e. The number of ether oxygens (including phenoxy) is 1. The van der Waals surface area contributed by atoms with E-state index in [1.165, 1.54) is 18.3 Å². The Hall–Kier alpha value is -2.47. The van der Waals surface area contributed by atoms with Crippen LogP contribution in [0.25, 0.3) is 0 Å². The van der Waals surface area contributed by atoms with E-state index in [0.29, 0.717) is 16.1 Å². The third-order valence-corrected chi connectivity index (χ3v) is 3.84. The molecule has 2 aromatic rings. The molecule has 1 heterocycles. The van der Waals surface area contributed by atoms with Crippen molar-refractivity contribution in [3.63, 3.8) is 0 Å². The number of benzene rings is 1. The molecule has 2 rings (SSSR count). The smallest absolute Gasteiger partial charge is 0.348 e. The van der Waals surface area contributed by atoms with Gasteiger partial charge in [-0.15, -0.1) is 11.3 Å². The van der Waals surface area contributed by atoms with Gasteiger partial charge in [-0.1, -0.05) is 12.1 Å². The summed E-state index contributed by atoms with van der Waals surface area (Å²) in [5.41, 5.74) is 0.819. The second-order valence-electron chi connectivity index (χ2n) is 4.64. The number of hydrogen-bond acceptors (Lipinski definition) is 5. The summed E-state index contributed by atoms with van der Waals surface area (Å²) in [7, 11) is 0. The number of esters is 1. The van der Waals surface area contributed by atoms with Gasteiger partial charge >= 0.3 is 5.97 Å². The monoisotopic (exact) mass is 317 g/mol. The zero-order chi connectivity index (χ0) is 16.1. The van der Waals surface area contributed by atoms with Crippen molar-refractivity contribution in [2.75, 3.05) is 11.9 Å². The number of nitrogens with one attached hydrogen (secondary N) is 1. The Morgan fingerprint density at radius 1 is 1.14 bits per heavy atom. The summed E-state index contributed by atoms with van der Waals surface area (Å²) in [5.74, 6) is -1.18. The minimum Gasteiger partial charge on any atom is -0.451 e. The van der Waals surface area contributed by atoms with E-state index in [-0.39, 0.29) is 5.78 Å². The standard InChI is InChI=1S/C16H15NO4S/c1-10-7-8-14(22-10)16(20)21-9-15(19)17-13-6-4-3-5-12(13)11(2)18/h3-8H,9H2,1-2H3,(H,17,19). The molecule has 0 aliphatic carbocycles. The topological polar surface area (TPSA) is 72.5 Å². The fraction of sp³-hybridized carbons (Fsp3) is 0.188. The van der Waals surface area contributed by atoms with Crippen molar-refractivity contribution in [1.29, 1.82) is 0 Å². The third-order valence-electron chi connectivity index (χ3n) is 2.86. The van der Waals surface area contributed by atoms with Crippen molar-refractivity contribution in [3.8, 4) is 0 Å². The van der Waals surface area contributed by atoms with Crippen LogP contribution in [0.1, 0.15) is 31.8 Å². The Morgan fingerprint density at radius 2 is 1.86 bits per heavy atom. The summed E-state index contributed by atoms with van der Waals surface area (Å²) in [5, 5.41) is 2.57. The van der Waals surface area contributed by atoms with Crippen LogP contribution in [-0.2, 0) is 9.53 Å². The molecule has 0 bridgehead atoms. The Labute approximate surface area is 131 Å². The first kappa shape index (κ1) is 15.9. The van der Waals surface area contributed by atoms with Crippen molar-refractivity contribution >= 4 is 34.7 Å². The number of hydrogen-bond donors (Lipinski definition) is 1. The van der Waals surface area contributed by atoms with Gasteiger partial charge in [-0.25, -0.2) is 4.79 Å². The summed E-state index contributed by atoms with van der Waals surface area (Å²) >= 11 is 1.31. The summed E-state index contributed by atoms with van der Waals surface area (Å²) in [6.07, 6.45) is 0.